The van der Waals surface area contributed by atoms with Gasteiger partial charge in [0.2, 0.25) is 0 Å². The average Bonchev–Trinajstić information content (AvgIpc) is 2.73. The fourth-order valence-corrected chi connectivity index (χ4v) is 1.79. The first kappa shape index (κ1) is 12.9. The van der Waals surface area contributed by atoms with E-state index >= 15 is 0 Å². The molecule has 0 bridgehead atoms. The number of aliphatic hydroxyl groups is 1. The fraction of sp³-hybridized carbons (Fsp3) is 0.308. The quantitative estimate of drug-likeness (QED) is 0.924. The van der Waals surface area contributed by atoms with E-state index in [2.05, 4.69) is 5.16 Å². The van der Waals surface area contributed by atoms with Gasteiger partial charge in [-0.3, -0.25) is 0 Å². The van der Waals surface area contributed by atoms with E-state index in [9.17, 15) is 5.11 Å². The number of rotatable bonds is 4. The van der Waals surface area contributed by atoms with Gasteiger partial charge in [-0.1, -0.05) is 16.8 Å². The van der Waals surface area contributed by atoms with Crippen molar-refractivity contribution in [2.24, 2.45) is 0 Å². The van der Waals surface area contributed by atoms with Crippen LogP contribution in [-0.4, -0.2) is 10.3 Å². The molecule has 1 heterocycles. The van der Waals surface area contributed by atoms with E-state index in [0.29, 0.717) is 22.1 Å². The summed E-state index contributed by atoms with van der Waals surface area (Å²) in [5.74, 6) is 1.22. The highest BCUT2D eigenvalue weighted by Gasteiger charge is 2.11. The number of halogens is 1. The molecule has 2 aromatic rings. The highest BCUT2D eigenvalue weighted by atomic mass is 35.5. The van der Waals surface area contributed by atoms with Gasteiger partial charge in [0, 0.05) is 16.7 Å². The monoisotopic (exact) mass is 267 g/mol. The van der Waals surface area contributed by atoms with Crippen molar-refractivity contribution in [3.05, 3.63) is 46.3 Å². The zero-order chi connectivity index (χ0) is 13.1. The number of aliphatic hydroxyl groups excluding tert-OH is 1. The summed E-state index contributed by atoms with van der Waals surface area (Å²) in [7, 11) is 0. The summed E-state index contributed by atoms with van der Waals surface area (Å²) in [5.41, 5.74) is 1.46. The predicted octanol–water partition coefficient (Wildman–Crippen LogP) is 3.27. The summed E-state index contributed by atoms with van der Waals surface area (Å²) in [4.78, 5) is 0. The third-order valence-corrected chi connectivity index (χ3v) is 2.70. The molecule has 0 saturated heterocycles. The molecular formula is C13H14ClNO3. The molecule has 96 valence electrons. The molecule has 0 aliphatic rings. The second kappa shape index (κ2) is 5.42. The van der Waals surface area contributed by atoms with Gasteiger partial charge in [0.15, 0.2) is 5.76 Å². The normalized spacial score (nSPS) is 12.4. The largest absolute Gasteiger partial charge is 0.485 e. The van der Waals surface area contributed by atoms with E-state index in [1.165, 1.54) is 0 Å². The van der Waals surface area contributed by atoms with Gasteiger partial charge in [-0.15, -0.1) is 0 Å². The lowest BCUT2D eigenvalue weighted by Gasteiger charge is -2.12. The average molecular weight is 268 g/mol. The number of aromatic nitrogens is 1. The van der Waals surface area contributed by atoms with Crippen LogP contribution >= 0.6 is 11.6 Å². The van der Waals surface area contributed by atoms with Crippen molar-refractivity contribution in [1.29, 1.82) is 0 Å². The van der Waals surface area contributed by atoms with Crippen molar-refractivity contribution in [2.45, 2.75) is 26.6 Å². The molecule has 0 amide bonds. The molecule has 1 aromatic heterocycles. The van der Waals surface area contributed by atoms with Gasteiger partial charge in [0.05, 0.1) is 11.8 Å². The lowest BCUT2D eigenvalue weighted by atomic mass is 10.1. The van der Waals surface area contributed by atoms with Crippen LogP contribution < -0.4 is 4.74 Å². The zero-order valence-corrected chi connectivity index (χ0v) is 10.9. The Hall–Kier alpha value is -1.52. The SMILES string of the molecule is Cc1cc(COc2ccc(Cl)cc2[C@H](C)O)on1. The minimum Gasteiger partial charge on any atom is -0.485 e. The summed E-state index contributed by atoms with van der Waals surface area (Å²) in [6.07, 6.45) is -0.643. The highest BCUT2D eigenvalue weighted by molar-refractivity contribution is 6.30. The molecule has 5 heteroatoms. The molecule has 2 rings (SSSR count). The summed E-state index contributed by atoms with van der Waals surface area (Å²) in [6.45, 7) is 3.77. The maximum Gasteiger partial charge on any atom is 0.174 e. The van der Waals surface area contributed by atoms with Crippen LogP contribution in [0, 0.1) is 6.92 Å². The Balaban J connectivity index is 2.13. The van der Waals surface area contributed by atoms with Crippen LogP contribution in [0.4, 0.5) is 0 Å². The Morgan fingerprint density at radius 1 is 1.44 bits per heavy atom. The van der Waals surface area contributed by atoms with E-state index < -0.39 is 6.10 Å². The molecule has 1 aromatic carbocycles. The van der Waals surface area contributed by atoms with E-state index in [-0.39, 0.29) is 6.61 Å². The summed E-state index contributed by atoms with van der Waals surface area (Å²) < 4.78 is 10.6. The maximum absolute atomic E-state index is 9.66. The van der Waals surface area contributed by atoms with Crippen molar-refractivity contribution in [1.82, 2.24) is 5.16 Å². The van der Waals surface area contributed by atoms with E-state index in [0.717, 1.165) is 5.69 Å². The maximum atomic E-state index is 9.66. The predicted molar refractivity (Wildman–Crippen MR) is 67.7 cm³/mol. The Labute approximate surface area is 110 Å². The van der Waals surface area contributed by atoms with Crippen molar-refractivity contribution >= 4 is 11.6 Å². The third kappa shape index (κ3) is 3.03. The number of nitrogens with zero attached hydrogens (tertiary/aromatic N) is 1. The van der Waals surface area contributed by atoms with Gasteiger partial charge >= 0.3 is 0 Å². The molecule has 0 aliphatic heterocycles. The van der Waals surface area contributed by atoms with E-state index in [1.54, 1.807) is 31.2 Å². The molecule has 0 spiro atoms. The second-order valence-corrected chi connectivity index (χ2v) is 4.52. The lowest BCUT2D eigenvalue weighted by molar-refractivity contribution is 0.186. The Kier molecular flexibility index (Phi) is 3.89. The fourth-order valence-electron chi connectivity index (χ4n) is 1.61. The lowest BCUT2D eigenvalue weighted by Crippen LogP contribution is -2.00. The molecule has 4 nitrogen and oxygen atoms in total. The van der Waals surface area contributed by atoms with Crippen LogP contribution in [0.15, 0.2) is 28.8 Å². The molecule has 0 unspecified atom stereocenters. The summed E-state index contributed by atoms with van der Waals surface area (Å²) in [5, 5.41) is 14.0. The molecule has 1 N–H and O–H groups in total. The number of ether oxygens (including phenoxy) is 1. The molecule has 0 fully saturated rings. The van der Waals surface area contributed by atoms with Crippen LogP contribution in [0.5, 0.6) is 5.75 Å². The van der Waals surface area contributed by atoms with Gasteiger partial charge in [-0.05, 0) is 32.0 Å². The first-order chi connectivity index (χ1) is 8.56. The molecule has 18 heavy (non-hydrogen) atoms. The minimum atomic E-state index is -0.643. The summed E-state index contributed by atoms with van der Waals surface area (Å²) in [6, 6.07) is 6.94. The number of aryl methyl sites for hydroxylation is 1. The van der Waals surface area contributed by atoms with Gasteiger partial charge < -0.3 is 14.4 Å². The van der Waals surface area contributed by atoms with Gasteiger partial charge in [-0.25, -0.2) is 0 Å². The zero-order valence-electron chi connectivity index (χ0n) is 10.2. The van der Waals surface area contributed by atoms with E-state index in [1.807, 2.05) is 6.92 Å². The van der Waals surface area contributed by atoms with Gasteiger partial charge in [0.25, 0.3) is 0 Å². The van der Waals surface area contributed by atoms with E-state index in [4.69, 9.17) is 20.9 Å². The highest BCUT2D eigenvalue weighted by Crippen LogP contribution is 2.28. The molecule has 1 atom stereocenters. The van der Waals surface area contributed by atoms with Crippen LogP contribution in [-0.2, 0) is 6.61 Å². The minimum absolute atomic E-state index is 0.266. The first-order valence-corrected chi connectivity index (χ1v) is 5.96. The van der Waals surface area contributed by atoms with Crippen LogP contribution in [0.3, 0.4) is 0 Å². The summed E-state index contributed by atoms with van der Waals surface area (Å²) >= 11 is 5.89. The smallest absolute Gasteiger partial charge is 0.174 e. The molecule has 0 radical (unpaired) electrons. The molecule has 0 saturated carbocycles. The number of hydrogen-bond acceptors (Lipinski definition) is 4. The number of benzene rings is 1. The Bertz CT molecular complexity index is 537. The Morgan fingerprint density at radius 3 is 2.83 bits per heavy atom. The Morgan fingerprint density at radius 2 is 2.22 bits per heavy atom. The standard InChI is InChI=1S/C13H14ClNO3/c1-8-5-11(18-15-8)7-17-13-4-3-10(14)6-12(13)9(2)16/h3-6,9,16H,7H2,1-2H3/t9-/m0/s1. The van der Waals surface area contributed by atoms with Crippen molar-refractivity contribution < 1.29 is 14.4 Å². The third-order valence-electron chi connectivity index (χ3n) is 2.47. The van der Waals surface area contributed by atoms with Crippen molar-refractivity contribution in [3.8, 4) is 5.75 Å². The van der Waals surface area contributed by atoms with Crippen molar-refractivity contribution in [3.63, 3.8) is 0 Å². The molecular weight excluding hydrogens is 254 g/mol. The first-order valence-electron chi connectivity index (χ1n) is 5.59. The van der Waals surface area contributed by atoms with Gasteiger partial charge in [-0.2, -0.15) is 0 Å². The second-order valence-electron chi connectivity index (χ2n) is 4.08. The van der Waals surface area contributed by atoms with Crippen molar-refractivity contribution in [2.75, 3.05) is 0 Å². The van der Waals surface area contributed by atoms with Crippen LogP contribution in [0.1, 0.15) is 30.0 Å². The van der Waals surface area contributed by atoms with Gasteiger partial charge in [0.1, 0.15) is 12.4 Å². The van der Waals surface area contributed by atoms with Crippen LogP contribution in [0.2, 0.25) is 5.02 Å². The van der Waals surface area contributed by atoms with Crippen LogP contribution in [0.25, 0.3) is 0 Å². The topological polar surface area (TPSA) is 55.5 Å². The molecule has 0 aliphatic carbocycles. The number of hydrogen-bond donors (Lipinski definition) is 1.